The lowest BCUT2D eigenvalue weighted by atomic mass is 9.95. The van der Waals surface area contributed by atoms with Crippen molar-refractivity contribution in [3.63, 3.8) is 0 Å². The smallest absolute Gasteiger partial charge is 0.251 e. The molecule has 164 valence electrons. The number of carbonyl (C=O) groups excluding carboxylic acids is 2. The number of benzene rings is 2. The van der Waals surface area contributed by atoms with Crippen LogP contribution in [0.15, 0.2) is 60.7 Å². The maximum absolute atomic E-state index is 12.4. The van der Waals surface area contributed by atoms with E-state index < -0.39 is 0 Å². The molecule has 0 bridgehead atoms. The van der Waals surface area contributed by atoms with E-state index in [9.17, 15) is 9.59 Å². The van der Waals surface area contributed by atoms with E-state index >= 15 is 0 Å². The monoisotopic (exact) mass is 421 g/mol. The van der Waals surface area contributed by atoms with Crippen molar-refractivity contribution >= 4 is 23.2 Å². The second kappa shape index (κ2) is 11.2. The first-order valence-electron chi connectivity index (χ1n) is 10.8. The largest absolute Gasteiger partial charge is 0.489 e. The van der Waals surface area contributed by atoms with Crippen LogP contribution in [-0.2, 0) is 4.79 Å². The summed E-state index contributed by atoms with van der Waals surface area (Å²) in [6.45, 7) is 6.26. The summed E-state index contributed by atoms with van der Waals surface area (Å²) < 4.78 is 5.60. The van der Waals surface area contributed by atoms with Crippen LogP contribution in [0, 0.1) is 0 Å². The Morgan fingerprint density at radius 1 is 1.03 bits per heavy atom. The van der Waals surface area contributed by atoms with E-state index in [1.54, 1.807) is 18.2 Å². The lowest BCUT2D eigenvalue weighted by Gasteiger charge is -2.22. The third kappa shape index (κ3) is 7.48. The van der Waals surface area contributed by atoms with Crippen LogP contribution in [0.2, 0.25) is 0 Å². The molecule has 3 N–H and O–H groups in total. The summed E-state index contributed by atoms with van der Waals surface area (Å²) in [4.78, 5) is 24.7. The lowest BCUT2D eigenvalue weighted by molar-refractivity contribution is -0.114. The molecule has 0 radical (unpaired) electrons. The fourth-order valence-electron chi connectivity index (χ4n) is 3.51. The van der Waals surface area contributed by atoms with Crippen molar-refractivity contribution in [2.24, 2.45) is 0 Å². The molecular formula is C25H31N3O3. The molecule has 1 aliphatic carbocycles. The van der Waals surface area contributed by atoms with Crippen LogP contribution < -0.4 is 20.7 Å². The number of anilines is 2. The number of hydrogen-bond acceptors (Lipinski definition) is 4. The van der Waals surface area contributed by atoms with Gasteiger partial charge in [0.05, 0.1) is 6.54 Å². The fraction of sp³-hybridized carbons (Fsp3) is 0.360. The van der Waals surface area contributed by atoms with Crippen molar-refractivity contribution < 1.29 is 14.3 Å². The molecule has 0 unspecified atom stereocenters. The minimum absolute atomic E-state index is 0.0371. The molecule has 3 rings (SSSR count). The molecule has 31 heavy (non-hydrogen) atoms. The van der Waals surface area contributed by atoms with Gasteiger partial charge in [-0.2, -0.15) is 0 Å². The Hall–Kier alpha value is -3.28. The highest BCUT2D eigenvalue weighted by atomic mass is 16.5. The molecule has 2 amide bonds. The zero-order chi connectivity index (χ0) is 22.1. The highest BCUT2D eigenvalue weighted by Gasteiger charge is 2.16. The van der Waals surface area contributed by atoms with Crippen molar-refractivity contribution in [2.75, 3.05) is 23.8 Å². The van der Waals surface area contributed by atoms with E-state index in [-0.39, 0.29) is 24.4 Å². The van der Waals surface area contributed by atoms with Gasteiger partial charge in [0, 0.05) is 29.0 Å². The van der Waals surface area contributed by atoms with E-state index in [4.69, 9.17) is 4.74 Å². The molecule has 0 aromatic heterocycles. The van der Waals surface area contributed by atoms with Crippen molar-refractivity contribution in [3.8, 4) is 5.75 Å². The number of amides is 2. The van der Waals surface area contributed by atoms with Crippen molar-refractivity contribution in [3.05, 3.63) is 66.2 Å². The van der Waals surface area contributed by atoms with Crippen LogP contribution in [-0.4, -0.2) is 31.0 Å². The molecule has 6 heteroatoms. The van der Waals surface area contributed by atoms with Gasteiger partial charge in [-0.1, -0.05) is 31.9 Å². The van der Waals surface area contributed by atoms with Crippen molar-refractivity contribution in [1.82, 2.24) is 5.32 Å². The summed E-state index contributed by atoms with van der Waals surface area (Å²) in [6.07, 6.45) is 5.74. The standard InChI is InChI=1S/C25H31N3O3/c1-18(2)17-31-23-10-6-9-22(15-23)27-24(29)16-26-20-13-11-19(12-14-20)25(30)28-21-7-4-3-5-8-21/h6,9-15,21,26H,1,3-5,7-8,16-17H2,2H3,(H,27,29)(H,28,30). The van der Waals surface area contributed by atoms with Gasteiger partial charge < -0.3 is 20.7 Å². The molecule has 0 atom stereocenters. The summed E-state index contributed by atoms with van der Waals surface area (Å²) in [7, 11) is 0. The minimum Gasteiger partial charge on any atom is -0.489 e. The molecule has 1 aliphatic rings. The maximum atomic E-state index is 12.4. The molecule has 0 heterocycles. The molecular weight excluding hydrogens is 390 g/mol. The molecule has 1 fully saturated rings. The summed E-state index contributed by atoms with van der Waals surface area (Å²) in [5, 5.41) is 9.04. The van der Waals surface area contributed by atoms with Gasteiger partial charge in [-0.15, -0.1) is 0 Å². The van der Waals surface area contributed by atoms with Gasteiger partial charge in [0.25, 0.3) is 5.91 Å². The highest BCUT2D eigenvalue weighted by molar-refractivity contribution is 5.95. The Kier molecular flexibility index (Phi) is 8.10. The first-order valence-corrected chi connectivity index (χ1v) is 10.8. The van der Waals surface area contributed by atoms with Gasteiger partial charge >= 0.3 is 0 Å². The predicted octanol–water partition coefficient (Wildman–Crippen LogP) is 4.75. The highest BCUT2D eigenvalue weighted by Crippen LogP contribution is 2.19. The second-order valence-electron chi connectivity index (χ2n) is 8.06. The van der Waals surface area contributed by atoms with E-state index in [0.29, 0.717) is 23.6 Å². The van der Waals surface area contributed by atoms with E-state index in [1.807, 2.05) is 37.3 Å². The fourth-order valence-corrected chi connectivity index (χ4v) is 3.51. The van der Waals surface area contributed by atoms with Gasteiger partial charge in [-0.3, -0.25) is 9.59 Å². The average molecular weight is 422 g/mol. The number of nitrogens with one attached hydrogen (secondary N) is 3. The topological polar surface area (TPSA) is 79.5 Å². The first-order chi connectivity index (χ1) is 15.0. The van der Waals surface area contributed by atoms with E-state index in [0.717, 1.165) is 24.1 Å². The summed E-state index contributed by atoms with van der Waals surface area (Å²) in [5.41, 5.74) is 3.01. The summed E-state index contributed by atoms with van der Waals surface area (Å²) in [5.74, 6) is 0.469. The number of rotatable bonds is 9. The van der Waals surface area contributed by atoms with Crippen molar-refractivity contribution in [1.29, 1.82) is 0 Å². The Balaban J connectivity index is 1.45. The van der Waals surface area contributed by atoms with Crippen LogP contribution >= 0.6 is 0 Å². The minimum atomic E-state index is -0.170. The zero-order valence-electron chi connectivity index (χ0n) is 18.1. The predicted molar refractivity (Wildman–Crippen MR) is 125 cm³/mol. The van der Waals surface area contributed by atoms with Gasteiger partial charge in [0.2, 0.25) is 5.91 Å². The molecule has 2 aromatic rings. The lowest BCUT2D eigenvalue weighted by Crippen LogP contribution is -2.36. The second-order valence-corrected chi connectivity index (χ2v) is 8.06. The molecule has 0 spiro atoms. The normalized spacial score (nSPS) is 13.8. The third-order valence-electron chi connectivity index (χ3n) is 5.14. The number of hydrogen-bond donors (Lipinski definition) is 3. The quantitative estimate of drug-likeness (QED) is 0.510. The van der Waals surface area contributed by atoms with E-state index in [1.165, 1.54) is 19.3 Å². The van der Waals surface area contributed by atoms with E-state index in [2.05, 4.69) is 22.5 Å². The van der Waals surface area contributed by atoms with Crippen LogP contribution in [0.4, 0.5) is 11.4 Å². The van der Waals surface area contributed by atoms with Gasteiger partial charge in [0.1, 0.15) is 12.4 Å². The Labute approximate surface area is 184 Å². The van der Waals surface area contributed by atoms with Gasteiger partial charge in [-0.05, 0) is 61.7 Å². The molecule has 2 aromatic carbocycles. The first kappa shape index (κ1) is 22.4. The molecule has 6 nitrogen and oxygen atoms in total. The molecule has 0 aliphatic heterocycles. The van der Waals surface area contributed by atoms with Crippen LogP contribution in [0.1, 0.15) is 49.4 Å². The Bertz CT molecular complexity index is 902. The zero-order valence-corrected chi connectivity index (χ0v) is 18.1. The summed E-state index contributed by atoms with van der Waals surface area (Å²) >= 11 is 0. The third-order valence-corrected chi connectivity index (χ3v) is 5.14. The number of ether oxygens (including phenoxy) is 1. The number of carbonyl (C=O) groups is 2. The Morgan fingerprint density at radius 3 is 2.48 bits per heavy atom. The van der Waals surface area contributed by atoms with Gasteiger partial charge in [0.15, 0.2) is 0 Å². The van der Waals surface area contributed by atoms with Crippen LogP contribution in [0.3, 0.4) is 0 Å². The maximum Gasteiger partial charge on any atom is 0.251 e. The summed E-state index contributed by atoms with van der Waals surface area (Å²) in [6, 6.07) is 14.7. The average Bonchev–Trinajstić information content (AvgIpc) is 2.77. The van der Waals surface area contributed by atoms with Gasteiger partial charge in [-0.25, -0.2) is 0 Å². The Morgan fingerprint density at radius 2 is 1.77 bits per heavy atom. The van der Waals surface area contributed by atoms with Crippen LogP contribution in [0.5, 0.6) is 5.75 Å². The molecule has 0 saturated heterocycles. The molecule has 1 saturated carbocycles. The van der Waals surface area contributed by atoms with Crippen LogP contribution in [0.25, 0.3) is 0 Å². The van der Waals surface area contributed by atoms with Crippen molar-refractivity contribution in [2.45, 2.75) is 45.1 Å². The SMILES string of the molecule is C=C(C)COc1cccc(NC(=O)CNc2ccc(C(=O)NC3CCCCC3)cc2)c1.